The SMILES string of the molecule is CCc1cc(-n2nc(C)cc2Nc2cc(CC(=O)c3cc(CNC(C)(C)CO)cc(C(F)(F)F)c3)ccc2C)ncn1. The highest BCUT2D eigenvalue weighted by molar-refractivity contribution is 5.98. The highest BCUT2D eigenvalue weighted by atomic mass is 19.4. The molecule has 0 amide bonds. The zero-order valence-electron chi connectivity index (χ0n) is 24.3. The van der Waals surface area contributed by atoms with E-state index in [0.29, 0.717) is 22.8 Å². The third-order valence-corrected chi connectivity index (χ3v) is 6.86. The van der Waals surface area contributed by atoms with Crippen molar-refractivity contribution in [2.75, 3.05) is 11.9 Å². The van der Waals surface area contributed by atoms with Gasteiger partial charge in [-0.2, -0.15) is 23.0 Å². The van der Waals surface area contributed by atoms with E-state index in [-0.39, 0.29) is 25.1 Å². The van der Waals surface area contributed by atoms with Gasteiger partial charge in [-0.1, -0.05) is 19.1 Å². The topological polar surface area (TPSA) is 105 Å². The maximum Gasteiger partial charge on any atom is 0.416 e. The molecule has 0 saturated carbocycles. The zero-order valence-corrected chi connectivity index (χ0v) is 24.3. The van der Waals surface area contributed by atoms with Gasteiger partial charge >= 0.3 is 6.18 Å². The number of aryl methyl sites for hydroxylation is 3. The van der Waals surface area contributed by atoms with E-state index in [9.17, 15) is 23.1 Å². The molecule has 8 nitrogen and oxygen atoms in total. The Bertz CT molecular complexity index is 1580. The van der Waals surface area contributed by atoms with Crippen molar-refractivity contribution in [3.63, 3.8) is 0 Å². The Labute approximate surface area is 243 Å². The molecule has 4 aromatic rings. The average Bonchev–Trinajstić information content (AvgIpc) is 3.32. The number of nitrogens with one attached hydrogen (secondary N) is 2. The first-order chi connectivity index (χ1) is 19.8. The molecular weight excluding hydrogens is 545 g/mol. The Morgan fingerprint density at radius 1 is 1.00 bits per heavy atom. The summed E-state index contributed by atoms with van der Waals surface area (Å²) in [5.41, 5.74) is 2.63. The maximum absolute atomic E-state index is 13.7. The van der Waals surface area contributed by atoms with E-state index < -0.39 is 23.1 Å². The predicted molar refractivity (Wildman–Crippen MR) is 155 cm³/mol. The highest BCUT2D eigenvalue weighted by Crippen LogP contribution is 2.32. The number of Topliss-reactive ketones (excluding diaryl/α,β-unsaturated/α-hetero) is 1. The second-order valence-electron chi connectivity index (χ2n) is 11.0. The lowest BCUT2D eigenvalue weighted by atomic mass is 9.97. The van der Waals surface area contributed by atoms with Crippen molar-refractivity contribution in [3.8, 4) is 5.82 Å². The first-order valence-electron chi connectivity index (χ1n) is 13.6. The first kappa shape index (κ1) is 30.9. The molecule has 11 heteroatoms. The standard InChI is InChI=1S/C31H35F3N6O2/c1-6-25-15-28(36-18-35-25)40-29(9-20(3)39-40)38-26-12-21(8-7-19(26)2)13-27(42)23-10-22(16-37-30(4,5)17-41)11-24(14-23)31(32,33)34/h7-12,14-15,18,37-38,41H,6,13,16-17H2,1-5H3. The molecule has 0 aliphatic rings. The van der Waals surface area contributed by atoms with Crippen LogP contribution in [0.25, 0.3) is 5.82 Å². The van der Waals surface area contributed by atoms with Crippen LogP contribution >= 0.6 is 0 Å². The molecule has 0 spiro atoms. The van der Waals surface area contributed by atoms with E-state index in [1.807, 2.05) is 45.0 Å². The van der Waals surface area contributed by atoms with Crippen molar-refractivity contribution < 1.29 is 23.1 Å². The molecule has 2 heterocycles. The van der Waals surface area contributed by atoms with Crippen LogP contribution in [0.3, 0.4) is 0 Å². The fourth-order valence-corrected chi connectivity index (χ4v) is 4.31. The third kappa shape index (κ3) is 7.59. The van der Waals surface area contributed by atoms with Gasteiger partial charge in [-0.3, -0.25) is 4.79 Å². The summed E-state index contributed by atoms with van der Waals surface area (Å²) in [6, 6.07) is 12.6. The third-order valence-electron chi connectivity index (χ3n) is 6.86. The quantitative estimate of drug-likeness (QED) is 0.190. The summed E-state index contributed by atoms with van der Waals surface area (Å²) in [7, 11) is 0. The number of aliphatic hydroxyl groups excluding tert-OH is 1. The molecule has 2 aromatic carbocycles. The summed E-state index contributed by atoms with van der Waals surface area (Å²) in [6.07, 6.45) is -2.45. The van der Waals surface area contributed by atoms with Crippen LogP contribution in [0.5, 0.6) is 0 Å². The van der Waals surface area contributed by atoms with Gasteiger partial charge in [0.05, 0.1) is 17.9 Å². The Kier molecular flexibility index (Phi) is 9.12. The normalized spacial score (nSPS) is 12.0. The molecule has 0 radical (unpaired) electrons. The number of benzene rings is 2. The van der Waals surface area contributed by atoms with Crippen LogP contribution in [0.1, 0.15) is 64.8 Å². The fraction of sp³-hybridized carbons (Fsp3) is 0.355. The number of hydrogen-bond acceptors (Lipinski definition) is 7. The Balaban J connectivity index is 1.60. The molecule has 0 atom stereocenters. The summed E-state index contributed by atoms with van der Waals surface area (Å²) in [4.78, 5) is 21.9. The van der Waals surface area contributed by atoms with Crippen molar-refractivity contribution in [1.29, 1.82) is 0 Å². The fourth-order valence-electron chi connectivity index (χ4n) is 4.31. The van der Waals surface area contributed by atoms with Gasteiger partial charge in [-0.25, -0.2) is 9.97 Å². The Hall–Kier alpha value is -4.09. The molecular formula is C31H35F3N6O2. The lowest BCUT2D eigenvalue weighted by Gasteiger charge is -2.24. The van der Waals surface area contributed by atoms with E-state index in [1.165, 1.54) is 12.4 Å². The summed E-state index contributed by atoms with van der Waals surface area (Å²) in [5.74, 6) is 0.840. The number of rotatable bonds is 11. The average molecular weight is 581 g/mol. The smallest absolute Gasteiger partial charge is 0.394 e. The number of aliphatic hydroxyl groups is 1. The van der Waals surface area contributed by atoms with Crippen molar-refractivity contribution in [3.05, 3.63) is 94.1 Å². The van der Waals surface area contributed by atoms with Gasteiger partial charge < -0.3 is 15.7 Å². The van der Waals surface area contributed by atoms with E-state index in [0.717, 1.165) is 41.2 Å². The van der Waals surface area contributed by atoms with Crippen LogP contribution < -0.4 is 10.6 Å². The number of anilines is 2. The molecule has 0 fully saturated rings. The van der Waals surface area contributed by atoms with Crippen LogP contribution in [0, 0.1) is 13.8 Å². The monoisotopic (exact) mass is 580 g/mol. The van der Waals surface area contributed by atoms with Crippen LogP contribution in [0.15, 0.2) is 54.9 Å². The van der Waals surface area contributed by atoms with Gasteiger partial charge in [-0.15, -0.1) is 0 Å². The molecule has 42 heavy (non-hydrogen) atoms. The largest absolute Gasteiger partial charge is 0.416 e. The Morgan fingerprint density at radius 3 is 2.45 bits per heavy atom. The molecule has 222 valence electrons. The zero-order chi connectivity index (χ0) is 30.7. The number of alkyl halides is 3. The second-order valence-corrected chi connectivity index (χ2v) is 11.0. The maximum atomic E-state index is 13.7. The summed E-state index contributed by atoms with van der Waals surface area (Å²) < 4.78 is 42.7. The van der Waals surface area contributed by atoms with Crippen LogP contribution in [0.2, 0.25) is 0 Å². The van der Waals surface area contributed by atoms with Crippen molar-refractivity contribution in [1.82, 2.24) is 25.1 Å². The van der Waals surface area contributed by atoms with Crippen LogP contribution in [0.4, 0.5) is 24.7 Å². The summed E-state index contributed by atoms with van der Waals surface area (Å²) >= 11 is 0. The van der Waals surface area contributed by atoms with Gasteiger partial charge in [0, 0.05) is 47.6 Å². The van der Waals surface area contributed by atoms with Crippen molar-refractivity contribution in [2.45, 2.75) is 65.7 Å². The lowest BCUT2D eigenvalue weighted by molar-refractivity contribution is -0.137. The van der Waals surface area contributed by atoms with Gasteiger partial charge in [0.2, 0.25) is 0 Å². The number of aromatic nitrogens is 4. The number of ketones is 1. The van der Waals surface area contributed by atoms with Crippen molar-refractivity contribution >= 4 is 17.3 Å². The van der Waals surface area contributed by atoms with E-state index in [1.54, 1.807) is 24.6 Å². The molecule has 2 aromatic heterocycles. The van der Waals surface area contributed by atoms with Crippen molar-refractivity contribution in [2.24, 2.45) is 0 Å². The predicted octanol–water partition coefficient (Wildman–Crippen LogP) is 5.89. The van der Waals surface area contributed by atoms with Gasteiger partial charge in [0.25, 0.3) is 0 Å². The van der Waals surface area contributed by atoms with Crippen LogP contribution in [-0.2, 0) is 25.6 Å². The minimum atomic E-state index is -4.61. The number of hydrogen-bond donors (Lipinski definition) is 3. The van der Waals surface area contributed by atoms with E-state index in [2.05, 4.69) is 25.7 Å². The van der Waals surface area contributed by atoms with E-state index >= 15 is 0 Å². The molecule has 0 unspecified atom stereocenters. The second kappa shape index (κ2) is 12.4. The Morgan fingerprint density at radius 2 is 1.76 bits per heavy atom. The van der Waals surface area contributed by atoms with Crippen LogP contribution in [-0.4, -0.2) is 42.8 Å². The molecule has 0 saturated heterocycles. The minimum absolute atomic E-state index is 0.0253. The number of halogens is 3. The van der Waals surface area contributed by atoms with Gasteiger partial charge in [0.1, 0.15) is 12.1 Å². The molecule has 0 aliphatic carbocycles. The first-order valence-corrected chi connectivity index (χ1v) is 13.6. The molecule has 4 rings (SSSR count). The highest BCUT2D eigenvalue weighted by Gasteiger charge is 2.32. The van der Waals surface area contributed by atoms with E-state index in [4.69, 9.17) is 0 Å². The molecule has 3 N–H and O–H groups in total. The summed E-state index contributed by atoms with van der Waals surface area (Å²) in [6.45, 7) is 9.14. The number of carbonyl (C=O) groups is 1. The number of carbonyl (C=O) groups excluding carboxylic acids is 1. The van der Waals surface area contributed by atoms with Gasteiger partial charge in [-0.05, 0) is 75.1 Å². The minimum Gasteiger partial charge on any atom is -0.394 e. The number of nitrogens with zero attached hydrogens (tertiary/aromatic N) is 4. The van der Waals surface area contributed by atoms with Gasteiger partial charge in [0.15, 0.2) is 11.6 Å². The lowest BCUT2D eigenvalue weighted by Crippen LogP contribution is -2.42. The summed E-state index contributed by atoms with van der Waals surface area (Å²) in [5, 5.41) is 20.5. The molecule has 0 bridgehead atoms. The molecule has 0 aliphatic heterocycles.